The normalized spacial score (nSPS) is 11.1. The minimum absolute atomic E-state index is 0.118. The van der Waals surface area contributed by atoms with Crippen molar-refractivity contribution >= 4 is 29.1 Å². The zero-order chi connectivity index (χ0) is 16.8. The van der Waals surface area contributed by atoms with Gasteiger partial charge in [-0.2, -0.15) is 13.2 Å². The third kappa shape index (κ3) is 5.80. The highest BCUT2D eigenvalue weighted by Crippen LogP contribution is 2.18. The Bertz CT molecular complexity index is 550. The first-order valence-corrected chi connectivity index (χ1v) is 6.78. The van der Waals surface area contributed by atoms with Crippen LogP contribution < -0.4 is 16.4 Å². The average molecular weight is 338 g/mol. The fourth-order valence-corrected chi connectivity index (χ4v) is 1.77. The van der Waals surface area contributed by atoms with Crippen LogP contribution in [0.25, 0.3) is 0 Å². The molecule has 1 aromatic rings. The summed E-state index contributed by atoms with van der Waals surface area (Å²) in [5.74, 6) is -2.39. The molecule has 4 N–H and O–H groups in total. The van der Waals surface area contributed by atoms with Crippen LogP contribution in [0.5, 0.6) is 0 Å². The van der Waals surface area contributed by atoms with Gasteiger partial charge >= 0.3 is 12.1 Å². The lowest BCUT2D eigenvalue weighted by molar-refractivity contribution is -0.173. The van der Waals surface area contributed by atoms with Gasteiger partial charge in [0.05, 0.1) is 10.6 Å². The van der Waals surface area contributed by atoms with Gasteiger partial charge in [-0.1, -0.05) is 11.6 Å². The van der Waals surface area contributed by atoms with E-state index >= 15 is 0 Å². The van der Waals surface area contributed by atoms with Gasteiger partial charge in [0.2, 0.25) is 0 Å². The molecule has 0 aliphatic rings. The molecule has 0 saturated heterocycles. The number of anilines is 1. The first-order chi connectivity index (χ1) is 10.2. The van der Waals surface area contributed by atoms with E-state index in [-0.39, 0.29) is 23.7 Å². The summed E-state index contributed by atoms with van der Waals surface area (Å²) in [4.78, 5) is 22.3. The molecular weight excluding hydrogens is 323 g/mol. The van der Waals surface area contributed by atoms with E-state index in [1.807, 2.05) is 0 Å². The van der Waals surface area contributed by atoms with Gasteiger partial charge in [0.15, 0.2) is 0 Å². The van der Waals surface area contributed by atoms with E-state index in [2.05, 4.69) is 5.32 Å². The van der Waals surface area contributed by atoms with Crippen molar-refractivity contribution in [3.63, 3.8) is 0 Å². The second-order valence-electron chi connectivity index (χ2n) is 4.46. The molecule has 2 amide bonds. The van der Waals surface area contributed by atoms with Crippen molar-refractivity contribution in [3.8, 4) is 0 Å². The van der Waals surface area contributed by atoms with Crippen LogP contribution in [-0.2, 0) is 4.79 Å². The molecule has 0 aromatic heterocycles. The van der Waals surface area contributed by atoms with Crippen LogP contribution in [0.4, 0.5) is 18.9 Å². The molecule has 0 spiro atoms. The number of alkyl halides is 3. The summed E-state index contributed by atoms with van der Waals surface area (Å²) in [5.41, 5.74) is 6.17. The number of carbonyl (C=O) groups excluding carboxylic acids is 2. The average Bonchev–Trinajstić information content (AvgIpc) is 2.43. The maximum absolute atomic E-state index is 11.9. The van der Waals surface area contributed by atoms with Gasteiger partial charge in [-0.15, -0.1) is 0 Å². The van der Waals surface area contributed by atoms with Crippen LogP contribution in [0.3, 0.4) is 0 Å². The van der Waals surface area contributed by atoms with E-state index in [1.165, 1.54) is 12.1 Å². The molecule has 0 saturated carbocycles. The predicted octanol–water partition coefficient (Wildman–Crippen LogP) is 2.11. The molecule has 0 aliphatic heterocycles. The smallest absolute Gasteiger partial charge is 0.399 e. The summed E-state index contributed by atoms with van der Waals surface area (Å²) in [7, 11) is 0. The van der Waals surface area contributed by atoms with Crippen LogP contribution in [0, 0.1) is 0 Å². The highest BCUT2D eigenvalue weighted by Gasteiger charge is 2.38. The van der Waals surface area contributed by atoms with Gasteiger partial charge in [-0.25, -0.2) is 0 Å². The Kier molecular flexibility index (Phi) is 6.48. The van der Waals surface area contributed by atoms with Gasteiger partial charge in [0.25, 0.3) is 5.91 Å². The molecule has 0 bridgehead atoms. The van der Waals surface area contributed by atoms with Crippen LogP contribution >= 0.6 is 11.6 Å². The number of benzene rings is 1. The summed E-state index contributed by atoms with van der Waals surface area (Å²) in [6, 6.07) is 4.49. The maximum Gasteiger partial charge on any atom is 0.471 e. The lowest BCUT2D eigenvalue weighted by Crippen LogP contribution is -2.37. The van der Waals surface area contributed by atoms with Crippen molar-refractivity contribution in [2.45, 2.75) is 19.0 Å². The van der Waals surface area contributed by atoms with Crippen LogP contribution in [0.1, 0.15) is 23.2 Å². The Hall–Kier alpha value is -1.96. The lowest BCUT2D eigenvalue weighted by Gasteiger charge is -2.09. The van der Waals surface area contributed by atoms with Gasteiger partial charge in [0.1, 0.15) is 0 Å². The van der Waals surface area contributed by atoms with E-state index in [0.29, 0.717) is 18.5 Å². The molecule has 9 heteroatoms. The highest BCUT2D eigenvalue weighted by molar-refractivity contribution is 6.34. The number of hydrogen-bond donors (Lipinski definition) is 3. The number of nitrogen functional groups attached to an aromatic ring is 1. The van der Waals surface area contributed by atoms with Crippen molar-refractivity contribution in [1.82, 2.24) is 10.6 Å². The van der Waals surface area contributed by atoms with Crippen molar-refractivity contribution in [3.05, 3.63) is 28.8 Å². The van der Waals surface area contributed by atoms with E-state index in [1.54, 1.807) is 11.4 Å². The second-order valence-corrected chi connectivity index (χ2v) is 4.86. The molecule has 1 aromatic carbocycles. The van der Waals surface area contributed by atoms with E-state index in [4.69, 9.17) is 17.3 Å². The summed E-state index contributed by atoms with van der Waals surface area (Å²) in [6.45, 7) is 0.124. The molecule has 122 valence electrons. The van der Waals surface area contributed by atoms with Crippen molar-refractivity contribution < 1.29 is 22.8 Å². The van der Waals surface area contributed by atoms with Gasteiger partial charge in [0, 0.05) is 18.8 Å². The molecular formula is C13H15ClF3N3O2. The number of amides is 2. The molecule has 0 heterocycles. The Morgan fingerprint density at radius 1 is 1.14 bits per heavy atom. The number of carbonyl (C=O) groups is 2. The van der Waals surface area contributed by atoms with Crippen LogP contribution in [0.2, 0.25) is 5.02 Å². The number of halogens is 4. The van der Waals surface area contributed by atoms with Gasteiger partial charge < -0.3 is 16.4 Å². The van der Waals surface area contributed by atoms with E-state index < -0.39 is 18.0 Å². The Balaban J connectivity index is 2.26. The quantitative estimate of drug-likeness (QED) is 0.549. The maximum atomic E-state index is 11.9. The Morgan fingerprint density at radius 2 is 1.73 bits per heavy atom. The topological polar surface area (TPSA) is 84.2 Å². The van der Waals surface area contributed by atoms with Crippen molar-refractivity contribution in [2.24, 2.45) is 0 Å². The molecule has 0 radical (unpaired) electrons. The molecule has 0 atom stereocenters. The van der Waals surface area contributed by atoms with Gasteiger partial charge in [-0.05, 0) is 31.0 Å². The fraction of sp³-hybridized carbons (Fsp3) is 0.385. The minimum Gasteiger partial charge on any atom is -0.399 e. The standard InChI is InChI=1S/C13H15ClF3N3O2/c14-10-4-3-8(18)7-9(10)11(21)19-5-1-2-6-20-12(22)13(15,16)17/h3-4,7H,1-2,5-6,18H2,(H,19,21)(H,20,22). The van der Waals surface area contributed by atoms with Gasteiger partial charge in [-0.3, -0.25) is 9.59 Å². The molecule has 22 heavy (non-hydrogen) atoms. The molecule has 5 nitrogen and oxygen atoms in total. The van der Waals surface area contributed by atoms with Crippen LogP contribution in [-0.4, -0.2) is 31.1 Å². The first kappa shape index (κ1) is 18.1. The lowest BCUT2D eigenvalue weighted by atomic mass is 10.2. The molecule has 0 fully saturated rings. The highest BCUT2D eigenvalue weighted by atomic mass is 35.5. The largest absolute Gasteiger partial charge is 0.471 e. The summed E-state index contributed by atoms with van der Waals surface area (Å²) >= 11 is 5.86. The molecule has 0 aliphatic carbocycles. The second kappa shape index (κ2) is 7.88. The SMILES string of the molecule is Nc1ccc(Cl)c(C(=O)NCCCCNC(=O)C(F)(F)F)c1. The van der Waals surface area contributed by atoms with E-state index in [0.717, 1.165) is 0 Å². The zero-order valence-corrected chi connectivity index (χ0v) is 12.2. The predicted molar refractivity (Wildman–Crippen MR) is 76.5 cm³/mol. The number of unbranched alkanes of at least 4 members (excludes halogenated alkanes) is 1. The first-order valence-electron chi connectivity index (χ1n) is 6.40. The molecule has 1 rings (SSSR count). The van der Waals surface area contributed by atoms with Crippen molar-refractivity contribution in [2.75, 3.05) is 18.8 Å². The fourth-order valence-electron chi connectivity index (χ4n) is 1.57. The summed E-state index contributed by atoms with van der Waals surface area (Å²) in [5, 5.41) is 4.57. The zero-order valence-electron chi connectivity index (χ0n) is 11.5. The Labute approximate surface area is 130 Å². The Morgan fingerprint density at radius 3 is 2.32 bits per heavy atom. The number of rotatable bonds is 6. The number of nitrogens with one attached hydrogen (secondary N) is 2. The summed E-state index contributed by atoms with van der Waals surface area (Å²) < 4.78 is 35.7. The monoisotopic (exact) mass is 337 g/mol. The van der Waals surface area contributed by atoms with Crippen molar-refractivity contribution in [1.29, 1.82) is 0 Å². The minimum atomic E-state index is -4.88. The van der Waals surface area contributed by atoms with E-state index in [9.17, 15) is 22.8 Å². The summed E-state index contributed by atoms with van der Waals surface area (Å²) in [6.07, 6.45) is -4.17. The third-order valence-electron chi connectivity index (χ3n) is 2.67. The van der Waals surface area contributed by atoms with Crippen LogP contribution in [0.15, 0.2) is 18.2 Å². The molecule has 0 unspecified atom stereocenters. The number of nitrogens with two attached hydrogens (primary N) is 1. The third-order valence-corrected chi connectivity index (χ3v) is 3.00. The number of hydrogen-bond acceptors (Lipinski definition) is 3.